The van der Waals surface area contributed by atoms with E-state index in [-0.39, 0.29) is 29.0 Å². The summed E-state index contributed by atoms with van der Waals surface area (Å²) in [5, 5.41) is 6.69. The fourth-order valence-corrected chi connectivity index (χ4v) is 4.86. The molecule has 0 saturated carbocycles. The Morgan fingerprint density at radius 1 is 1.11 bits per heavy atom. The van der Waals surface area contributed by atoms with Gasteiger partial charge >= 0.3 is 5.97 Å². The number of anilines is 1. The number of ether oxygens (including phenoxy) is 2. The van der Waals surface area contributed by atoms with E-state index in [1.807, 2.05) is 30.3 Å². The molecule has 4 rings (SSSR count). The largest absolute Gasteiger partial charge is 0.480 e. The lowest BCUT2D eigenvalue weighted by Crippen LogP contribution is -2.36. The molecule has 0 aliphatic heterocycles. The van der Waals surface area contributed by atoms with Gasteiger partial charge in [0, 0.05) is 23.7 Å². The number of benzene rings is 2. The Hall–Kier alpha value is -4.57. The van der Waals surface area contributed by atoms with Crippen LogP contribution in [0.2, 0.25) is 0 Å². The zero-order valence-electron chi connectivity index (χ0n) is 24.8. The molecule has 2 aromatic carbocycles. The van der Waals surface area contributed by atoms with Crippen LogP contribution in [-0.2, 0) is 20.7 Å². The summed E-state index contributed by atoms with van der Waals surface area (Å²) >= 11 is 6.31. The van der Waals surface area contributed by atoms with Gasteiger partial charge in [0.1, 0.15) is 11.6 Å². The number of Topliss-reactive ketones (excluding diaryl/α,β-unsaturated/α-hetero) is 1. The first kappa shape index (κ1) is 32.3. The standard InChI is InChI=1S/C33H33ClFN3O6/c1-33(2,3)44-32(42)21-10-13-23(14-11-21)36-30(41)27(16-20-8-6-5-7-9-20)38-29(40)18-26(31(37-38)43-4)25-17-22(34)12-15-24(25)28(39)19-35/h5-11,13-15,17-18,22,27H,12,16,19H2,1-4H3,(H,36,41)/t22?,27-/m0/s1. The summed E-state index contributed by atoms with van der Waals surface area (Å²) in [6, 6.07) is 15.4. The number of allylic oxidation sites excluding steroid dienone is 4. The van der Waals surface area contributed by atoms with Crippen molar-refractivity contribution in [3.8, 4) is 5.88 Å². The van der Waals surface area contributed by atoms with E-state index >= 15 is 0 Å². The highest BCUT2D eigenvalue weighted by Gasteiger charge is 2.29. The molecule has 0 fully saturated rings. The minimum absolute atomic E-state index is 0.0493. The number of carbonyl (C=O) groups excluding carboxylic acids is 3. The maximum Gasteiger partial charge on any atom is 0.338 e. The highest BCUT2D eigenvalue weighted by atomic mass is 35.5. The first-order chi connectivity index (χ1) is 20.9. The van der Waals surface area contributed by atoms with Crippen molar-refractivity contribution >= 4 is 40.5 Å². The lowest BCUT2D eigenvalue weighted by molar-refractivity contribution is -0.119. The molecular weight excluding hydrogens is 589 g/mol. The highest BCUT2D eigenvalue weighted by molar-refractivity contribution is 6.24. The molecule has 0 radical (unpaired) electrons. The quantitative estimate of drug-likeness (QED) is 0.235. The van der Waals surface area contributed by atoms with Gasteiger partial charge in [0.15, 0.2) is 12.5 Å². The smallest absolute Gasteiger partial charge is 0.338 e. The molecular formula is C33H33ClFN3O6. The normalized spacial score (nSPS) is 15.5. The van der Waals surface area contributed by atoms with E-state index in [1.54, 1.807) is 39.0 Å². The third-order valence-electron chi connectivity index (χ3n) is 6.67. The summed E-state index contributed by atoms with van der Waals surface area (Å²) in [4.78, 5) is 52.0. The SMILES string of the molecule is COc1nn([C@@H](Cc2ccccc2)C(=O)Nc2ccc(C(=O)OC(C)(C)C)cc2)c(=O)cc1C1=CC(Cl)CC=C1C(=O)CF. The van der Waals surface area contributed by atoms with E-state index in [2.05, 4.69) is 10.4 Å². The fourth-order valence-electron chi connectivity index (χ4n) is 4.65. The van der Waals surface area contributed by atoms with Gasteiger partial charge in [-0.3, -0.25) is 14.4 Å². The van der Waals surface area contributed by atoms with E-state index in [0.717, 1.165) is 10.2 Å². The first-order valence-electron chi connectivity index (χ1n) is 13.9. The van der Waals surface area contributed by atoms with Crippen molar-refractivity contribution in [2.75, 3.05) is 19.1 Å². The second kappa shape index (κ2) is 13.8. The first-order valence-corrected chi connectivity index (χ1v) is 14.4. The number of hydrogen-bond acceptors (Lipinski definition) is 7. The highest BCUT2D eigenvalue weighted by Crippen LogP contribution is 2.34. The summed E-state index contributed by atoms with van der Waals surface area (Å²) in [6.45, 7) is 4.08. The number of methoxy groups -OCH3 is 1. The van der Waals surface area contributed by atoms with E-state index in [4.69, 9.17) is 21.1 Å². The second-order valence-corrected chi connectivity index (χ2v) is 11.7. The number of nitrogens with zero attached hydrogens (tertiary/aromatic N) is 2. The Bertz CT molecular complexity index is 1660. The molecule has 1 N–H and O–H groups in total. The summed E-state index contributed by atoms with van der Waals surface area (Å²) in [7, 11) is 1.33. The molecule has 230 valence electrons. The van der Waals surface area contributed by atoms with Gasteiger partial charge in [0.25, 0.3) is 5.56 Å². The molecule has 0 bridgehead atoms. The summed E-state index contributed by atoms with van der Waals surface area (Å²) in [5.74, 6) is -1.86. The third kappa shape index (κ3) is 7.87. The van der Waals surface area contributed by atoms with Crippen molar-refractivity contribution in [2.45, 2.75) is 50.6 Å². The molecule has 0 spiro atoms. The molecule has 11 heteroatoms. The zero-order valence-corrected chi connectivity index (χ0v) is 25.6. The van der Waals surface area contributed by atoms with Gasteiger partial charge in [-0.05, 0) is 62.6 Å². The Kier molecular flexibility index (Phi) is 10.2. The molecule has 44 heavy (non-hydrogen) atoms. The fraction of sp³-hybridized carbons (Fsp3) is 0.303. The number of ketones is 1. The van der Waals surface area contributed by atoms with Crippen LogP contribution < -0.4 is 15.6 Å². The minimum Gasteiger partial charge on any atom is -0.480 e. The number of aromatic nitrogens is 2. The van der Waals surface area contributed by atoms with Crippen LogP contribution in [0.25, 0.3) is 5.57 Å². The average Bonchev–Trinajstić information content (AvgIpc) is 2.99. The minimum atomic E-state index is -1.22. The Balaban J connectivity index is 1.70. The Morgan fingerprint density at radius 3 is 2.41 bits per heavy atom. The number of hydrogen-bond donors (Lipinski definition) is 1. The van der Waals surface area contributed by atoms with E-state index in [0.29, 0.717) is 17.7 Å². The van der Waals surface area contributed by atoms with E-state index < -0.39 is 46.9 Å². The van der Waals surface area contributed by atoms with Crippen molar-refractivity contribution in [2.24, 2.45) is 0 Å². The van der Waals surface area contributed by atoms with Crippen LogP contribution in [0.1, 0.15) is 54.7 Å². The van der Waals surface area contributed by atoms with Crippen molar-refractivity contribution < 1.29 is 28.2 Å². The second-order valence-electron chi connectivity index (χ2n) is 11.1. The lowest BCUT2D eigenvalue weighted by atomic mass is 9.90. The van der Waals surface area contributed by atoms with Crippen LogP contribution in [0.3, 0.4) is 0 Å². The molecule has 1 aliphatic rings. The van der Waals surface area contributed by atoms with Gasteiger partial charge in [-0.2, -0.15) is 0 Å². The van der Waals surface area contributed by atoms with E-state index in [1.165, 1.54) is 31.4 Å². The lowest BCUT2D eigenvalue weighted by Gasteiger charge is -2.22. The summed E-state index contributed by atoms with van der Waals surface area (Å²) in [6.07, 6.45) is 3.51. The van der Waals surface area contributed by atoms with Gasteiger partial charge in [0.2, 0.25) is 11.8 Å². The number of nitrogens with one attached hydrogen (secondary N) is 1. The summed E-state index contributed by atoms with van der Waals surface area (Å²) < 4.78 is 25.3. The third-order valence-corrected chi connectivity index (χ3v) is 6.97. The molecule has 1 aliphatic carbocycles. The average molecular weight is 622 g/mol. The maximum atomic E-state index is 13.7. The van der Waals surface area contributed by atoms with Crippen LogP contribution in [0.5, 0.6) is 5.88 Å². The van der Waals surface area contributed by atoms with Crippen LogP contribution in [-0.4, -0.2) is 52.2 Å². The van der Waals surface area contributed by atoms with E-state index in [9.17, 15) is 23.6 Å². The van der Waals surface area contributed by atoms with Crippen molar-refractivity contribution in [1.29, 1.82) is 0 Å². The number of carbonyl (C=O) groups is 3. The predicted molar refractivity (Wildman–Crippen MR) is 166 cm³/mol. The van der Waals surface area contributed by atoms with Crippen LogP contribution >= 0.6 is 11.6 Å². The van der Waals surface area contributed by atoms with Gasteiger partial charge < -0.3 is 14.8 Å². The summed E-state index contributed by atoms with van der Waals surface area (Å²) in [5.41, 5.74) is 0.626. The zero-order chi connectivity index (χ0) is 32.0. The predicted octanol–water partition coefficient (Wildman–Crippen LogP) is 5.49. The monoisotopic (exact) mass is 621 g/mol. The van der Waals surface area contributed by atoms with Gasteiger partial charge in [-0.1, -0.05) is 42.5 Å². The van der Waals surface area contributed by atoms with Crippen molar-refractivity contribution in [3.63, 3.8) is 0 Å². The van der Waals surface area contributed by atoms with Gasteiger partial charge in [0.05, 0.1) is 23.6 Å². The number of amides is 1. The molecule has 1 aromatic heterocycles. The number of alkyl halides is 2. The maximum absolute atomic E-state index is 13.7. The molecule has 1 heterocycles. The Morgan fingerprint density at radius 2 is 1.80 bits per heavy atom. The number of halogens is 2. The van der Waals surface area contributed by atoms with Crippen molar-refractivity contribution in [3.05, 3.63) is 105 Å². The Labute approximate surface area is 259 Å². The molecule has 9 nitrogen and oxygen atoms in total. The molecule has 1 amide bonds. The van der Waals surface area contributed by atoms with Gasteiger partial charge in [-0.25, -0.2) is 13.9 Å². The van der Waals surface area contributed by atoms with Crippen LogP contribution in [0, 0.1) is 0 Å². The molecule has 2 atom stereocenters. The van der Waals surface area contributed by atoms with Gasteiger partial charge in [-0.15, -0.1) is 16.7 Å². The molecule has 0 saturated heterocycles. The van der Waals surface area contributed by atoms with Crippen molar-refractivity contribution in [1.82, 2.24) is 9.78 Å². The molecule has 3 aromatic rings. The number of esters is 1. The number of rotatable bonds is 10. The topological polar surface area (TPSA) is 117 Å². The molecule has 1 unspecified atom stereocenters. The van der Waals surface area contributed by atoms with Crippen LogP contribution in [0.4, 0.5) is 10.1 Å². The van der Waals surface area contributed by atoms with Crippen LogP contribution in [0.15, 0.2) is 83.2 Å².